The third-order valence-corrected chi connectivity index (χ3v) is 4.83. The Morgan fingerprint density at radius 3 is 2.46 bits per heavy atom. The average molecular weight is 386 g/mol. The highest BCUT2D eigenvalue weighted by atomic mass is 19.1. The first kappa shape index (κ1) is 20.3. The van der Waals surface area contributed by atoms with Crippen LogP contribution in [0.15, 0.2) is 48.5 Å². The van der Waals surface area contributed by atoms with E-state index in [1.807, 2.05) is 19.1 Å². The third kappa shape index (κ3) is 5.78. The third-order valence-electron chi connectivity index (χ3n) is 4.83. The number of morpholine rings is 1. The number of halogens is 1. The van der Waals surface area contributed by atoms with Crippen molar-refractivity contribution < 1.29 is 18.7 Å². The fourth-order valence-corrected chi connectivity index (χ4v) is 3.36. The van der Waals surface area contributed by atoms with Gasteiger partial charge in [0, 0.05) is 19.6 Å². The lowest BCUT2D eigenvalue weighted by molar-refractivity contribution is -0.120. The summed E-state index contributed by atoms with van der Waals surface area (Å²) in [5, 5.41) is 3.03. The molecule has 5 nitrogen and oxygen atoms in total. The largest absolute Gasteiger partial charge is 0.494 e. The molecule has 2 aromatic carbocycles. The molecular weight excluding hydrogens is 359 g/mol. The SMILES string of the molecule is CCOc1ccc(C(CNC(=O)Cc2ccc(F)cc2)N2CCOCC2)cc1. The molecule has 2 aromatic rings. The Hall–Kier alpha value is -2.44. The first-order valence-corrected chi connectivity index (χ1v) is 9.71. The second-order valence-electron chi connectivity index (χ2n) is 6.77. The van der Waals surface area contributed by atoms with E-state index < -0.39 is 0 Å². The molecule has 1 atom stereocenters. The van der Waals surface area contributed by atoms with Crippen LogP contribution < -0.4 is 10.1 Å². The first-order chi connectivity index (χ1) is 13.7. The molecule has 6 heteroatoms. The fourth-order valence-electron chi connectivity index (χ4n) is 3.36. The van der Waals surface area contributed by atoms with Crippen LogP contribution in [0.1, 0.15) is 24.1 Å². The number of carbonyl (C=O) groups is 1. The van der Waals surface area contributed by atoms with Crippen LogP contribution in [0.4, 0.5) is 4.39 Å². The zero-order valence-corrected chi connectivity index (χ0v) is 16.2. The molecule has 150 valence electrons. The van der Waals surface area contributed by atoms with Crippen molar-refractivity contribution in [3.63, 3.8) is 0 Å². The monoisotopic (exact) mass is 386 g/mol. The lowest BCUT2D eigenvalue weighted by atomic mass is 10.0. The second-order valence-corrected chi connectivity index (χ2v) is 6.77. The number of carbonyl (C=O) groups excluding carboxylic acids is 1. The summed E-state index contributed by atoms with van der Waals surface area (Å²) in [6.07, 6.45) is 0.236. The van der Waals surface area contributed by atoms with Crippen LogP contribution in [-0.4, -0.2) is 50.3 Å². The van der Waals surface area contributed by atoms with E-state index in [1.165, 1.54) is 12.1 Å². The van der Waals surface area contributed by atoms with E-state index in [0.717, 1.165) is 30.0 Å². The predicted molar refractivity (Wildman–Crippen MR) is 106 cm³/mol. The quantitative estimate of drug-likeness (QED) is 0.758. The van der Waals surface area contributed by atoms with Gasteiger partial charge in [-0.05, 0) is 42.3 Å². The van der Waals surface area contributed by atoms with E-state index in [-0.39, 0.29) is 24.2 Å². The van der Waals surface area contributed by atoms with Crippen molar-refractivity contribution in [3.8, 4) is 5.75 Å². The maximum atomic E-state index is 13.0. The van der Waals surface area contributed by atoms with Crippen molar-refractivity contribution >= 4 is 5.91 Å². The van der Waals surface area contributed by atoms with E-state index in [0.29, 0.717) is 26.4 Å². The zero-order valence-electron chi connectivity index (χ0n) is 16.2. The van der Waals surface area contributed by atoms with Crippen LogP contribution in [0.2, 0.25) is 0 Å². The van der Waals surface area contributed by atoms with Crippen LogP contribution in [-0.2, 0) is 16.0 Å². The summed E-state index contributed by atoms with van der Waals surface area (Å²) in [7, 11) is 0. The van der Waals surface area contributed by atoms with Gasteiger partial charge in [-0.3, -0.25) is 9.69 Å². The molecule has 1 heterocycles. The summed E-state index contributed by atoms with van der Waals surface area (Å²) in [5.74, 6) is 0.468. The van der Waals surface area contributed by atoms with Crippen molar-refractivity contribution in [1.82, 2.24) is 10.2 Å². The topological polar surface area (TPSA) is 50.8 Å². The molecular formula is C22H27FN2O3. The van der Waals surface area contributed by atoms with Gasteiger partial charge in [0.25, 0.3) is 0 Å². The minimum Gasteiger partial charge on any atom is -0.494 e. The number of hydrogen-bond donors (Lipinski definition) is 1. The summed E-state index contributed by atoms with van der Waals surface area (Å²) >= 11 is 0. The van der Waals surface area contributed by atoms with Gasteiger partial charge in [0.05, 0.1) is 32.3 Å². The summed E-state index contributed by atoms with van der Waals surface area (Å²) < 4.78 is 24.0. The van der Waals surface area contributed by atoms with Gasteiger partial charge in [0.15, 0.2) is 0 Å². The van der Waals surface area contributed by atoms with Crippen LogP contribution >= 0.6 is 0 Å². The van der Waals surface area contributed by atoms with Gasteiger partial charge >= 0.3 is 0 Å². The van der Waals surface area contributed by atoms with Gasteiger partial charge in [-0.15, -0.1) is 0 Å². The molecule has 0 radical (unpaired) electrons. The predicted octanol–water partition coefficient (Wildman–Crippen LogP) is 2.96. The number of rotatable bonds is 8. The molecule has 1 amide bonds. The van der Waals surface area contributed by atoms with Crippen LogP contribution in [0.25, 0.3) is 0 Å². The molecule has 0 aliphatic carbocycles. The molecule has 0 aromatic heterocycles. The summed E-state index contributed by atoms with van der Waals surface area (Å²) in [5.41, 5.74) is 1.93. The number of nitrogens with one attached hydrogen (secondary N) is 1. The van der Waals surface area contributed by atoms with E-state index in [4.69, 9.17) is 9.47 Å². The highest BCUT2D eigenvalue weighted by Crippen LogP contribution is 2.24. The van der Waals surface area contributed by atoms with E-state index in [9.17, 15) is 9.18 Å². The molecule has 1 unspecified atom stereocenters. The Kier molecular flexibility index (Phi) is 7.39. The summed E-state index contributed by atoms with van der Waals surface area (Å²) in [6, 6.07) is 14.1. The normalized spacial score (nSPS) is 15.8. The van der Waals surface area contributed by atoms with Gasteiger partial charge in [-0.1, -0.05) is 24.3 Å². The van der Waals surface area contributed by atoms with Crippen molar-refractivity contribution in [2.45, 2.75) is 19.4 Å². The highest BCUT2D eigenvalue weighted by molar-refractivity contribution is 5.78. The van der Waals surface area contributed by atoms with E-state index >= 15 is 0 Å². The lowest BCUT2D eigenvalue weighted by Crippen LogP contribution is -2.44. The van der Waals surface area contributed by atoms with Gasteiger partial charge < -0.3 is 14.8 Å². The van der Waals surface area contributed by atoms with Crippen molar-refractivity contribution in [3.05, 3.63) is 65.5 Å². The summed E-state index contributed by atoms with van der Waals surface area (Å²) in [4.78, 5) is 14.7. The maximum absolute atomic E-state index is 13.0. The Morgan fingerprint density at radius 2 is 1.82 bits per heavy atom. The molecule has 1 fully saturated rings. The summed E-state index contributed by atoms with van der Waals surface area (Å²) in [6.45, 7) is 6.13. The first-order valence-electron chi connectivity index (χ1n) is 9.71. The van der Waals surface area contributed by atoms with Crippen molar-refractivity contribution in [2.24, 2.45) is 0 Å². The van der Waals surface area contributed by atoms with Gasteiger partial charge in [0.2, 0.25) is 5.91 Å². The van der Waals surface area contributed by atoms with Crippen molar-refractivity contribution in [2.75, 3.05) is 39.5 Å². The minimum absolute atomic E-state index is 0.0664. The maximum Gasteiger partial charge on any atom is 0.224 e. The van der Waals surface area contributed by atoms with Crippen molar-refractivity contribution in [1.29, 1.82) is 0 Å². The zero-order chi connectivity index (χ0) is 19.8. The Balaban J connectivity index is 1.64. The number of amides is 1. The Morgan fingerprint density at radius 1 is 1.14 bits per heavy atom. The Labute approximate surface area is 165 Å². The molecule has 0 bridgehead atoms. The molecule has 0 saturated carbocycles. The number of nitrogens with zero attached hydrogens (tertiary/aromatic N) is 1. The molecule has 1 aliphatic rings. The van der Waals surface area contributed by atoms with Gasteiger partial charge in [0.1, 0.15) is 11.6 Å². The fraction of sp³-hybridized carbons (Fsp3) is 0.409. The molecule has 1 N–H and O–H groups in total. The Bertz CT molecular complexity index is 743. The highest BCUT2D eigenvalue weighted by Gasteiger charge is 2.23. The average Bonchev–Trinajstić information content (AvgIpc) is 2.72. The standard InChI is InChI=1S/C22H27FN2O3/c1-2-28-20-9-5-18(6-10-20)21(25-11-13-27-14-12-25)16-24-22(26)15-17-3-7-19(23)8-4-17/h3-10,21H,2,11-16H2,1H3,(H,24,26). The number of ether oxygens (including phenoxy) is 2. The van der Waals surface area contributed by atoms with E-state index in [1.54, 1.807) is 12.1 Å². The lowest BCUT2D eigenvalue weighted by Gasteiger charge is -2.35. The number of benzene rings is 2. The second kappa shape index (κ2) is 10.2. The minimum atomic E-state index is -0.299. The smallest absolute Gasteiger partial charge is 0.224 e. The van der Waals surface area contributed by atoms with Gasteiger partial charge in [-0.2, -0.15) is 0 Å². The molecule has 28 heavy (non-hydrogen) atoms. The molecule has 1 aliphatic heterocycles. The van der Waals surface area contributed by atoms with Crippen LogP contribution in [0, 0.1) is 5.82 Å². The molecule has 3 rings (SSSR count). The van der Waals surface area contributed by atoms with Crippen LogP contribution in [0.3, 0.4) is 0 Å². The van der Waals surface area contributed by atoms with Gasteiger partial charge in [-0.25, -0.2) is 4.39 Å². The van der Waals surface area contributed by atoms with E-state index in [2.05, 4.69) is 22.3 Å². The molecule has 0 spiro atoms. The molecule has 1 saturated heterocycles. The van der Waals surface area contributed by atoms with Crippen LogP contribution in [0.5, 0.6) is 5.75 Å². The number of hydrogen-bond acceptors (Lipinski definition) is 4.